The zero-order valence-electron chi connectivity index (χ0n) is 13.9. The number of benzene rings is 3. The average molecular weight is 314 g/mol. The molecular formula is C22H20NO. The van der Waals surface area contributed by atoms with Crippen LogP contribution in [0, 0.1) is 0 Å². The van der Waals surface area contributed by atoms with Gasteiger partial charge in [0.05, 0.1) is 5.69 Å². The molecule has 0 fully saturated rings. The summed E-state index contributed by atoms with van der Waals surface area (Å²) in [5, 5.41) is 14.9. The second-order valence-electron chi connectivity index (χ2n) is 6.88. The lowest BCUT2D eigenvalue weighted by atomic mass is 9.64. The summed E-state index contributed by atoms with van der Waals surface area (Å²) in [6.07, 6.45) is 0. The molecule has 119 valence electrons. The van der Waals surface area contributed by atoms with E-state index in [1.165, 1.54) is 5.06 Å². The summed E-state index contributed by atoms with van der Waals surface area (Å²) in [4.78, 5) is 0. The van der Waals surface area contributed by atoms with Crippen molar-refractivity contribution in [3.05, 3.63) is 102 Å². The van der Waals surface area contributed by atoms with E-state index >= 15 is 0 Å². The van der Waals surface area contributed by atoms with Crippen LogP contribution in [0.1, 0.15) is 30.5 Å². The van der Waals surface area contributed by atoms with Crippen molar-refractivity contribution in [3.63, 3.8) is 0 Å². The van der Waals surface area contributed by atoms with Gasteiger partial charge in [0.2, 0.25) is 0 Å². The fourth-order valence-electron chi connectivity index (χ4n) is 4.29. The maximum Gasteiger partial charge on any atom is 0.129 e. The lowest BCUT2D eigenvalue weighted by Gasteiger charge is -2.44. The molecule has 0 amide bonds. The average Bonchev–Trinajstić information content (AvgIpc) is 2.81. The first kappa shape index (κ1) is 15.0. The summed E-state index contributed by atoms with van der Waals surface area (Å²) >= 11 is 0. The number of anilines is 1. The van der Waals surface area contributed by atoms with Crippen molar-refractivity contribution >= 4 is 5.69 Å². The van der Waals surface area contributed by atoms with Crippen LogP contribution in [0.15, 0.2) is 84.9 Å². The molecule has 0 atom stereocenters. The predicted octanol–water partition coefficient (Wildman–Crippen LogP) is 5.07. The molecule has 2 nitrogen and oxygen atoms in total. The molecule has 1 radical (unpaired) electrons. The molecule has 3 aromatic carbocycles. The predicted molar refractivity (Wildman–Crippen MR) is 96.3 cm³/mol. The molecule has 3 aromatic rings. The monoisotopic (exact) mass is 314 g/mol. The molecule has 1 aliphatic heterocycles. The van der Waals surface area contributed by atoms with Gasteiger partial charge in [-0.2, -0.15) is 0 Å². The van der Waals surface area contributed by atoms with Gasteiger partial charge >= 0.3 is 0 Å². The Kier molecular flexibility index (Phi) is 3.26. The van der Waals surface area contributed by atoms with Gasteiger partial charge in [0.1, 0.15) is 5.54 Å². The number of nitrogens with zero attached hydrogens (tertiary/aromatic N) is 1. The third-order valence-electron chi connectivity index (χ3n) is 5.39. The molecule has 0 aromatic heterocycles. The van der Waals surface area contributed by atoms with Gasteiger partial charge in [-0.25, -0.2) is 5.06 Å². The van der Waals surface area contributed by atoms with E-state index in [0.29, 0.717) is 0 Å². The molecule has 0 bridgehead atoms. The molecule has 0 spiro atoms. The molecule has 0 saturated heterocycles. The fourth-order valence-corrected chi connectivity index (χ4v) is 4.29. The zero-order valence-corrected chi connectivity index (χ0v) is 13.9. The Bertz CT molecular complexity index is 816. The molecule has 0 saturated carbocycles. The van der Waals surface area contributed by atoms with E-state index in [4.69, 9.17) is 0 Å². The second-order valence-corrected chi connectivity index (χ2v) is 6.88. The van der Waals surface area contributed by atoms with Gasteiger partial charge < -0.3 is 0 Å². The molecule has 24 heavy (non-hydrogen) atoms. The Morgan fingerprint density at radius 1 is 0.667 bits per heavy atom. The highest BCUT2D eigenvalue weighted by Gasteiger charge is 2.59. The lowest BCUT2D eigenvalue weighted by Crippen LogP contribution is -2.52. The van der Waals surface area contributed by atoms with E-state index in [1.807, 2.05) is 54.6 Å². The minimum Gasteiger partial charge on any atom is -0.204 e. The van der Waals surface area contributed by atoms with Crippen LogP contribution < -0.4 is 5.06 Å². The molecule has 4 rings (SSSR count). The van der Waals surface area contributed by atoms with Gasteiger partial charge in [0.15, 0.2) is 0 Å². The zero-order chi connectivity index (χ0) is 16.8. The van der Waals surface area contributed by atoms with Crippen LogP contribution in [-0.4, -0.2) is 0 Å². The number of fused-ring (bicyclic) bond motifs is 1. The summed E-state index contributed by atoms with van der Waals surface area (Å²) in [6.45, 7) is 4.34. The normalized spacial score (nSPS) is 17.5. The van der Waals surface area contributed by atoms with E-state index in [9.17, 15) is 5.21 Å². The van der Waals surface area contributed by atoms with Crippen LogP contribution in [0.3, 0.4) is 0 Å². The van der Waals surface area contributed by atoms with Crippen LogP contribution in [0.25, 0.3) is 0 Å². The minimum atomic E-state index is -0.779. The maximum atomic E-state index is 13.7. The van der Waals surface area contributed by atoms with Crippen molar-refractivity contribution in [3.8, 4) is 0 Å². The first-order valence-electron chi connectivity index (χ1n) is 8.28. The standard InChI is InChI=1S/C22H20NO/c1-21(2)19-15-9-10-16-20(19)23(24)22(21,17-11-5-3-6-12-17)18-13-7-4-8-14-18/h3-16H,1-2H3. The van der Waals surface area contributed by atoms with Gasteiger partial charge in [0.25, 0.3) is 0 Å². The lowest BCUT2D eigenvalue weighted by molar-refractivity contribution is 0.0765. The van der Waals surface area contributed by atoms with Crippen molar-refractivity contribution < 1.29 is 5.21 Å². The number of para-hydroxylation sites is 1. The molecule has 0 unspecified atom stereocenters. The fraction of sp³-hybridized carbons (Fsp3) is 0.182. The van der Waals surface area contributed by atoms with Crippen LogP contribution in [-0.2, 0) is 16.2 Å². The highest BCUT2D eigenvalue weighted by molar-refractivity contribution is 5.70. The van der Waals surface area contributed by atoms with Gasteiger partial charge in [-0.05, 0) is 22.8 Å². The third kappa shape index (κ3) is 1.75. The van der Waals surface area contributed by atoms with Crippen molar-refractivity contribution in [2.24, 2.45) is 0 Å². The highest BCUT2D eigenvalue weighted by Crippen LogP contribution is 2.59. The Morgan fingerprint density at radius 2 is 1.12 bits per heavy atom. The largest absolute Gasteiger partial charge is 0.204 e. The maximum absolute atomic E-state index is 13.7. The van der Waals surface area contributed by atoms with E-state index in [2.05, 4.69) is 44.2 Å². The molecular weight excluding hydrogens is 294 g/mol. The molecule has 0 aliphatic carbocycles. The van der Waals surface area contributed by atoms with Gasteiger partial charge in [-0.1, -0.05) is 97.9 Å². The van der Waals surface area contributed by atoms with Crippen molar-refractivity contribution in [1.29, 1.82) is 0 Å². The van der Waals surface area contributed by atoms with Gasteiger partial charge in [-0.15, -0.1) is 0 Å². The van der Waals surface area contributed by atoms with Crippen LogP contribution in [0.2, 0.25) is 0 Å². The van der Waals surface area contributed by atoms with Crippen molar-refractivity contribution in [2.45, 2.75) is 24.8 Å². The Labute approximate surface area is 143 Å². The Balaban J connectivity index is 2.10. The first-order valence-corrected chi connectivity index (χ1v) is 8.28. The summed E-state index contributed by atoms with van der Waals surface area (Å²) in [6, 6.07) is 28.2. The number of hydrogen-bond donors (Lipinski definition) is 0. The highest BCUT2D eigenvalue weighted by atomic mass is 16.5. The Morgan fingerprint density at radius 3 is 1.62 bits per heavy atom. The molecule has 0 N–H and O–H groups in total. The second kappa shape index (κ2) is 5.22. The van der Waals surface area contributed by atoms with Crippen LogP contribution >= 0.6 is 0 Å². The van der Waals surface area contributed by atoms with Crippen molar-refractivity contribution in [1.82, 2.24) is 0 Å². The van der Waals surface area contributed by atoms with E-state index in [0.717, 1.165) is 22.4 Å². The van der Waals surface area contributed by atoms with Gasteiger partial charge in [0, 0.05) is 5.41 Å². The Hall–Kier alpha value is -2.58. The molecule has 1 heterocycles. The topological polar surface area (TPSA) is 23.1 Å². The number of hydrogen-bond acceptors (Lipinski definition) is 1. The summed E-state index contributed by atoms with van der Waals surface area (Å²) in [5.41, 5.74) is 2.75. The summed E-state index contributed by atoms with van der Waals surface area (Å²) in [7, 11) is 0. The summed E-state index contributed by atoms with van der Waals surface area (Å²) in [5.74, 6) is 0. The molecule has 2 heteroatoms. The van der Waals surface area contributed by atoms with Gasteiger partial charge in [-0.3, -0.25) is 0 Å². The number of rotatable bonds is 2. The van der Waals surface area contributed by atoms with Crippen molar-refractivity contribution in [2.75, 3.05) is 5.06 Å². The van der Waals surface area contributed by atoms with E-state index < -0.39 is 5.54 Å². The van der Waals surface area contributed by atoms with Crippen LogP contribution in [0.5, 0.6) is 0 Å². The van der Waals surface area contributed by atoms with E-state index in [-0.39, 0.29) is 5.41 Å². The number of hydroxylamine groups is 1. The SMILES string of the molecule is CC1(C)c2ccccc2N([O])C1(c1ccccc1)c1ccccc1. The van der Waals surface area contributed by atoms with E-state index in [1.54, 1.807) is 0 Å². The van der Waals surface area contributed by atoms with Crippen LogP contribution in [0.4, 0.5) is 5.69 Å². The first-order chi connectivity index (χ1) is 11.6. The molecule has 1 aliphatic rings. The summed E-state index contributed by atoms with van der Waals surface area (Å²) < 4.78 is 0. The minimum absolute atomic E-state index is 0.367. The third-order valence-corrected chi connectivity index (χ3v) is 5.39. The smallest absolute Gasteiger partial charge is 0.129 e. The quantitative estimate of drug-likeness (QED) is 0.647.